The fourth-order valence-electron chi connectivity index (χ4n) is 3.06. The van der Waals surface area contributed by atoms with Gasteiger partial charge in [-0.05, 0) is 62.2 Å². The van der Waals surface area contributed by atoms with E-state index in [0.29, 0.717) is 5.69 Å². The Hall–Kier alpha value is -3.36. The van der Waals surface area contributed by atoms with Gasteiger partial charge in [-0.15, -0.1) is 0 Å². The molecular weight excluding hydrogens is 368 g/mol. The number of H-pyrrole nitrogens is 1. The Morgan fingerprint density at radius 1 is 1.10 bits per heavy atom. The van der Waals surface area contributed by atoms with Crippen LogP contribution in [0.1, 0.15) is 22.4 Å². The van der Waals surface area contributed by atoms with Crippen molar-refractivity contribution >= 4 is 11.7 Å². The predicted octanol–water partition coefficient (Wildman–Crippen LogP) is 3.19. The number of anilines is 1. The van der Waals surface area contributed by atoms with Gasteiger partial charge >= 0.3 is 6.03 Å². The number of aromatic amines is 1. The largest absolute Gasteiger partial charge is 0.489 e. The van der Waals surface area contributed by atoms with E-state index in [2.05, 4.69) is 10.2 Å². The van der Waals surface area contributed by atoms with E-state index < -0.39 is 6.03 Å². The van der Waals surface area contributed by atoms with Crippen molar-refractivity contribution in [2.75, 3.05) is 12.1 Å². The van der Waals surface area contributed by atoms with E-state index in [4.69, 9.17) is 16.4 Å². The molecule has 2 amide bonds. The van der Waals surface area contributed by atoms with Gasteiger partial charge in [0.25, 0.3) is 0 Å². The Labute approximate surface area is 170 Å². The quantitative estimate of drug-likeness (QED) is 0.349. The van der Waals surface area contributed by atoms with Crippen molar-refractivity contribution in [3.8, 4) is 17.0 Å². The minimum atomic E-state index is -0.522. The molecule has 152 valence electrons. The molecule has 3 aromatic rings. The van der Waals surface area contributed by atoms with Crippen LogP contribution < -0.4 is 21.4 Å². The molecule has 29 heavy (non-hydrogen) atoms. The predicted molar refractivity (Wildman–Crippen MR) is 113 cm³/mol. The van der Waals surface area contributed by atoms with E-state index in [9.17, 15) is 4.79 Å². The third-order valence-corrected chi connectivity index (χ3v) is 4.70. The SMILES string of the molecule is Cc1cc(-c2ccc(OCc3c(C)cccc3N(N)C(=O)N(C)N)c(C)c2)n[nH]1. The normalized spacial score (nSPS) is 10.7. The molecule has 0 saturated heterocycles. The number of rotatable bonds is 5. The van der Waals surface area contributed by atoms with Gasteiger partial charge in [0.1, 0.15) is 12.4 Å². The van der Waals surface area contributed by atoms with Crippen LogP contribution >= 0.6 is 0 Å². The highest BCUT2D eigenvalue weighted by Gasteiger charge is 2.19. The monoisotopic (exact) mass is 394 g/mol. The number of aryl methyl sites for hydroxylation is 3. The van der Waals surface area contributed by atoms with Crippen LogP contribution in [-0.2, 0) is 6.61 Å². The smallest absolute Gasteiger partial charge is 0.352 e. The van der Waals surface area contributed by atoms with E-state index in [1.165, 1.54) is 7.05 Å². The topological polar surface area (TPSA) is 114 Å². The number of hydrazine groups is 2. The maximum atomic E-state index is 12.2. The summed E-state index contributed by atoms with van der Waals surface area (Å²) in [6.07, 6.45) is 0. The average molecular weight is 394 g/mol. The maximum absolute atomic E-state index is 12.2. The molecule has 1 aromatic heterocycles. The molecule has 0 aliphatic carbocycles. The number of carbonyl (C=O) groups is 1. The molecule has 0 unspecified atom stereocenters. The van der Waals surface area contributed by atoms with Crippen LogP contribution in [0.2, 0.25) is 0 Å². The standard InChI is InChI=1S/C21H26N6O2/c1-13-6-5-7-19(27(23)21(28)26(4)22)17(13)12-29-20-9-8-16(10-14(20)2)18-11-15(3)24-25-18/h5-11H,12,22-23H2,1-4H3,(H,24,25). The summed E-state index contributed by atoms with van der Waals surface area (Å²) in [6, 6.07) is 13.0. The zero-order valence-electron chi connectivity index (χ0n) is 17.1. The van der Waals surface area contributed by atoms with Gasteiger partial charge in [-0.3, -0.25) is 10.1 Å². The second-order valence-corrected chi connectivity index (χ2v) is 7.04. The van der Waals surface area contributed by atoms with E-state index in [1.54, 1.807) is 6.07 Å². The zero-order valence-corrected chi connectivity index (χ0v) is 17.1. The molecule has 0 bridgehead atoms. The van der Waals surface area contributed by atoms with Crippen LogP contribution in [0, 0.1) is 20.8 Å². The number of nitrogens with one attached hydrogen (secondary N) is 1. The lowest BCUT2D eigenvalue weighted by atomic mass is 10.1. The van der Waals surface area contributed by atoms with Crippen molar-refractivity contribution in [2.24, 2.45) is 11.7 Å². The minimum Gasteiger partial charge on any atom is -0.489 e. The van der Waals surface area contributed by atoms with Gasteiger partial charge in [-0.2, -0.15) is 5.10 Å². The van der Waals surface area contributed by atoms with Crippen LogP contribution in [0.25, 0.3) is 11.3 Å². The second kappa shape index (κ2) is 8.34. The Morgan fingerprint density at radius 2 is 1.86 bits per heavy atom. The van der Waals surface area contributed by atoms with Crippen molar-refractivity contribution in [2.45, 2.75) is 27.4 Å². The number of hydrogen-bond acceptors (Lipinski definition) is 5. The summed E-state index contributed by atoms with van der Waals surface area (Å²) in [6.45, 7) is 6.16. The molecule has 1 heterocycles. The lowest BCUT2D eigenvalue weighted by molar-refractivity contribution is 0.216. The van der Waals surface area contributed by atoms with Crippen molar-refractivity contribution in [3.63, 3.8) is 0 Å². The Morgan fingerprint density at radius 3 is 2.48 bits per heavy atom. The summed E-state index contributed by atoms with van der Waals surface area (Å²) in [4.78, 5) is 12.2. The summed E-state index contributed by atoms with van der Waals surface area (Å²) < 4.78 is 6.06. The van der Waals surface area contributed by atoms with Crippen LogP contribution in [-0.4, -0.2) is 28.3 Å². The number of nitrogens with two attached hydrogens (primary N) is 2. The molecule has 2 aromatic carbocycles. The summed E-state index contributed by atoms with van der Waals surface area (Å²) in [5.74, 6) is 12.3. The van der Waals surface area contributed by atoms with Gasteiger partial charge in [0.2, 0.25) is 0 Å². The van der Waals surface area contributed by atoms with E-state index in [0.717, 1.165) is 49.4 Å². The first-order valence-electron chi connectivity index (χ1n) is 9.19. The van der Waals surface area contributed by atoms with Crippen LogP contribution in [0.5, 0.6) is 5.75 Å². The number of aromatic nitrogens is 2. The lowest BCUT2D eigenvalue weighted by Crippen LogP contribution is -2.49. The highest BCUT2D eigenvalue weighted by Crippen LogP contribution is 2.28. The van der Waals surface area contributed by atoms with Gasteiger partial charge < -0.3 is 4.74 Å². The highest BCUT2D eigenvalue weighted by molar-refractivity contribution is 5.91. The van der Waals surface area contributed by atoms with Crippen molar-refractivity contribution in [1.29, 1.82) is 0 Å². The number of nitrogens with zero attached hydrogens (tertiary/aromatic N) is 3. The zero-order chi connectivity index (χ0) is 21.1. The molecule has 8 heteroatoms. The highest BCUT2D eigenvalue weighted by atomic mass is 16.5. The number of carbonyl (C=O) groups excluding carboxylic acids is 1. The molecule has 5 N–H and O–H groups in total. The molecular formula is C21H26N6O2. The van der Waals surface area contributed by atoms with Gasteiger partial charge in [0.15, 0.2) is 0 Å². The van der Waals surface area contributed by atoms with Crippen molar-refractivity contribution in [3.05, 3.63) is 64.8 Å². The Balaban J connectivity index is 1.82. The number of ether oxygens (including phenoxy) is 1. The van der Waals surface area contributed by atoms with E-state index in [1.807, 2.05) is 57.2 Å². The Kier molecular flexibility index (Phi) is 5.86. The summed E-state index contributed by atoms with van der Waals surface area (Å²) in [7, 11) is 1.44. The van der Waals surface area contributed by atoms with Gasteiger partial charge in [0.05, 0.1) is 11.4 Å². The minimum absolute atomic E-state index is 0.263. The Bertz CT molecular complexity index is 1030. The molecule has 0 fully saturated rings. The maximum Gasteiger partial charge on any atom is 0.352 e. The first kappa shape index (κ1) is 20.4. The molecule has 8 nitrogen and oxygen atoms in total. The molecule has 0 aliphatic rings. The third kappa shape index (κ3) is 4.39. The summed E-state index contributed by atoms with van der Waals surface area (Å²) >= 11 is 0. The third-order valence-electron chi connectivity index (χ3n) is 4.70. The van der Waals surface area contributed by atoms with Gasteiger partial charge in [0, 0.05) is 23.9 Å². The molecule has 0 atom stereocenters. The van der Waals surface area contributed by atoms with E-state index in [-0.39, 0.29) is 6.61 Å². The first-order valence-corrected chi connectivity index (χ1v) is 9.19. The summed E-state index contributed by atoms with van der Waals surface area (Å²) in [5.41, 5.74) is 6.23. The fraction of sp³-hybridized carbons (Fsp3) is 0.238. The van der Waals surface area contributed by atoms with Crippen LogP contribution in [0.3, 0.4) is 0 Å². The van der Waals surface area contributed by atoms with Gasteiger partial charge in [-0.25, -0.2) is 21.5 Å². The molecule has 0 radical (unpaired) electrons. The second-order valence-electron chi connectivity index (χ2n) is 7.04. The molecule has 3 rings (SSSR count). The summed E-state index contributed by atoms with van der Waals surface area (Å²) in [5, 5.41) is 9.21. The van der Waals surface area contributed by atoms with Crippen LogP contribution in [0.4, 0.5) is 10.5 Å². The van der Waals surface area contributed by atoms with Crippen LogP contribution in [0.15, 0.2) is 42.5 Å². The van der Waals surface area contributed by atoms with E-state index >= 15 is 0 Å². The molecule has 0 saturated carbocycles. The van der Waals surface area contributed by atoms with Crippen molar-refractivity contribution in [1.82, 2.24) is 15.2 Å². The number of benzene rings is 2. The number of amides is 2. The average Bonchev–Trinajstić information content (AvgIpc) is 3.12. The molecule has 0 aliphatic heterocycles. The fourth-order valence-corrected chi connectivity index (χ4v) is 3.06. The van der Waals surface area contributed by atoms with Crippen molar-refractivity contribution < 1.29 is 9.53 Å². The first-order chi connectivity index (χ1) is 13.8. The number of urea groups is 1. The van der Waals surface area contributed by atoms with Gasteiger partial charge in [-0.1, -0.05) is 12.1 Å². The lowest BCUT2D eigenvalue weighted by Gasteiger charge is -2.24. The molecule has 0 spiro atoms. The number of hydrogen-bond donors (Lipinski definition) is 3.